The lowest BCUT2D eigenvalue weighted by Gasteiger charge is -2.20. The predicted molar refractivity (Wildman–Crippen MR) is 114 cm³/mol. The summed E-state index contributed by atoms with van der Waals surface area (Å²) in [7, 11) is -3.09. The van der Waals surface area contributed by atoms with Crippen molar-refractivity contribution < 1.29 is 17.6 Å². The fourth-order valence-corrected chi connectivity index (χ4v) is 6.45. The minimum Gasteiger partial charge on any atom is -0.457 e. The fourth-order valence-electron chi connectivity index (χ4n) is 3.10. The second kappa shape index (κ2) is 7.20. The maximum absolute atomic E-state index is 12.7. The molecule has 3 heterocycles. The molecule has 0 bridgehead atoms. The molecule has 2 aliphatic heterocycles. The van der Waals surface area contributed by atoms with Crippen LogP contribution < -0.4 is 0 Å². The highest BCUT2D eigenvalue weighted by molar-refractivity contribution is 9.10. The Balaban J connectivity index is 1.56. The summed E-state index contributed by atoms with van der Waals surface area (Å²) in [4.78, 5) is 14.6. The topological polar surface area (TPSA) is 67.6 Å². The summed E-state index contributed by atoms with van der Waals surface area (Å²) in [5.74, 6) is 1.07. The van der Waals surface area contributed by atoms with Gasteiger partial charge in [0.25, 0.3) is 5.91 Å². The zero-order valence-corrected chi connectivity index (χ0v) is 18.0. The van der Waals surface area contributed by atoms with Crippen LogP contribution in [0.4, 0.5) is 0 Å². The fraction of sp³-hybridized carbons (Fsp3) is 0.222. The highest BCUT2D eigenvalue weighted by Gasteiger charge is 2.42. The smallest absolute Gasteiger partial charge is 0.266 e. The molecule has 27 heavy (non-hydrogen) atoms. The number of benzene rings is 1. The summed E-state index contributed by atoms with van der Waals surface area (Å²) >= 11 is 9.89. The molecule has 2 fully saturated rings. The third kappa shape index (κ3) is 3.91. The highest BCUT2D eigenvalue weighted by Crippen LogP contribution is 2.37. The molecule has 5 nitrogen and oxygen atoms in total. The molecule has 0 radical (unpaired) electrons. The Kier molecular flexibility index (Phi) is 5.04. The molecule has 0 N–H and O–H groups in total. The molecule has 1 amide bonds. The first-order valence-electron chi connectivity index (χ1n) is 8.16. The number of sulfone groups is 1. The van der Waals surface area contributed by atoms with Crippen LogP contribution in [-0.2, 0) is 14.6 Å². The molecular formula is C18H14BrNO4S3. The standard InChI is InChI=1S/C18H14BrNO4S3/c19-12-3-1-11(2-4-12)15-6-5-14(24-15)9-16-17(21)20(18(25)26-16)13-7-8-27(22,23)10-13/h1-6,9,13H,7-8,10H2/b16-9-. The number of furan rings is 1. The van der Waals surface area contributed by atoms with Gasteiger partial charge in [0.2, 0.25) is 0 Å². The lowest BCUT2D eigenvalue weighted by Crippen LogP contribution is -2.39. The summed E-state index contributed by atoms with van der Waals surface area (Å²) in [6.45, 7) is 0. The Hall–Kier alpha value is -1.42. The number of hydrogen-bond acceptors (Lipinski definition) is 6. The molecule has 1 atom stereocenters. The SMILES string of the molecule is O=C1/C(=C/c2ccc(-c3ccc(Br)cc3)o2)SC(=S)N1C1CCS(=O)(=O)C1. The minimum atomic E-state index is -3.09. The van der Waals surface area contributed by atoms with Gasteiger partial charge in [-0.1, -0.05) is 52.0 Å². The van der Waals surface area contributed by atoms with Gasteiger partial charge >= 0.3 is 0 Å². The van der Waals surface area contributed by atoms with E-state index in [4.69, 9.17) is 16.6 Å². The van der Waals surface area contributed by atoms with Gasteiger partial charge in [0, 0.05) is 16.1 Å². The Morgan fingerprint density at radius 1 is 1.22 bits per heavy atom. The third-order valence-electron chi connectivity index (χ3n) is 4.43. The van der Waals surface area contributed by atoms with Crippen molar-refractivity contribution >= 4 is 66.1 Å². The number of hydrogen-bond donors (Lipinski definition) is 0. The molecule has 1 aromatic heterocycles. The number of thioether (sulfide) groups is 1. The normalized spacial score (nSPS) is 23.5. The Labute approximate surface area is 174 Å². The monoisotopic (exact) mass is 483 g/mol. The molecule has 2 aromatic rings. The van der Waals surface area contributed by atoms with E-state index in [0.717, 1.165) is 10.0 Å². The Bertz CT molecular complexity index is 1060. The van der Waals surface area contributed by atoms with E-state index in [1.807, 2.05) is 30.3 Å². The van der Waals surface area contributed by atoms with Gasteiger partial charge in [-0.2, -0.15) is 0 Å². The van der Waals surface area contributed by atoms with Crippen LogP contribution in [0.5, 0.6) is 0 Å². The number of rotatable bonds is 3. The van der Waals surface area contributed by atoms with Gasteiger partial charge in [0.1, 0.15) is 15.8 Å². The van der Waals surface area contributed by atoms with Gasteiger partial charge in [-0.05, 0) is 30.7 Å². The second-order valence-electron chi connectivity index (χ2n) is 6.32. The third-order valence-corrected chi connectivity index (χ3v) is 8.04. The molecule has 2 saturated heterocycles. The minimum absolute atomic E-state index is 0.0266. The molecule has 4 rings (SSSR count). The molecule has 0 saturated carbocycles. The van der Waals surface area contributed by atoms with Crippen LogP contribution in [0.25, 0.3) is 17.4 Å². The number of thiocarbonyl (C=S) groups is 1. The lowest BCUT2D eigenvalue weighted by atomic mass is 10.2. The number of halogens is 1. The first-order valence-corrected chi connectivity index (χ1v) is 12.0. The van der Waals surface area contributed by atoms with Gasteiger partial charge < -0.3 is 4.42 Å². The van der Waals surface area contributed by atoms with Crippen molar-refractivity contribution in [2.75, 3.05) is 11.5 Å². The zero-order chi connectivity index (χ0) is 19.2. The average molecular weight is 484 g/mol. The molecule has 9 heteroatoms. The van der Waals surface area contributed by atoms with Crippen molar-refractivity contribution in [3.8, 4) is 11.3 Å². The zero-order valence-electron chi connectivity index (χ0n) is 13.9. The van der Waals surface area contributed by atoms with Crippen LogP contribution >= 0.6 is 39.9 Å². The van der Waals surface area contributed by atoms with Crippen molar-refractivity contribution in [2.24, 2.45) is 0 Å². The molecule has 1 unspecified atom stereocenters. The van der Waals surface area contributed by atoms with E-state index < -0.39 is 9.84 Å². The van der Waals surface area contributed by atoms with Gasteiger partial charge in [0.15, 0.2) is 9.84 Å². The van der Waals surface area contributed by atoms with Crippen molar-refractivity contribution in [1.29, 1.82) is 0 Å². The van der Waals surface area contributed by atoms with Crippen LogP contribution in [0.15, 0.2) is 50.2 Å². The Morgan fingerprint density at radius 2 is 1.96 bits per heavy atom. The molecule has 140 valence electrons. The van der Waals surface area contributed by atoms with Crippen molar-refractivity contribution in [3.63, 3.8) is 0 Å². The van der Waals surface area contributed by atoms with Crippen LogP contribution in [-0.4, -0.2) is 41.1 Å². The first-order chi connectivity index (χ1) is 12.8. The van der Waals surface area contributed by atoms with Crippen molar-refractivity contribution in [1.82, 2.24) is 4.90 Å². The molecule has 0 spiro atoms. The van der Waals surface area contributed by atoms with E-state index in [0.29, 0.717) is 27.2 Å². The highest BCUT2D eigenvalue weighted by atomic mass is 79.9. The predicted octanol–water partition coefficient (Wildman–Crippen LogP) is 4.10. The second-order valence-corrected chi connectivity index (χ2v) is 11.1. The summed E-state index contributed by atoms with van der Waals surface area (Å²) < 4.78 is 30.7. The largest absolute Gasteiger partial charge is 0.457 e. The maximum Gasteiger partial charge on any atom is 0.266 e. The van der Waals surface area contributed by atoms with Gasteiger partial charge in [-0.3, -0.25) is 9.69 Å². The first kappa shape index (κ1) is 18.9. The number of carbonyl (C=O) groups is 1. The summed E-state index contributed by atoms with van der Waals surface area (Å²) in [6, 6.07) is 11.0. The van der Waals surface area contributed by atoms with Crippen LogP contribution in [0.3, 0.4) is 0 Å². The molecule has 0 aliphatic carbocycles. The van der Waals surface area contributed by atoms with Crippen molar-refractivity contribution in [3.05, 3.63) is 51.5 Å². The summed E-state index contributed by atoms with van der Waals surface area (Å²) in [5.41, 5.74) is 0.932. The molecule has 1 aromatic carbocycles. The number of carbonyl (C=O) groups excluding carboxylic acids is 1. The summed E-state index contributed by atoms with van der Waals surface area (Å²) in [6.07, 6.45) is 2.08. The number of amides is 1. The van der Waals surface area contributed by atoms with Crippen LogP contribution in [0.1, 0.15) is 12.2 Å². The molecule has 2 aliphatic rings. The molecular weight excluding hydrogens is 470 g/mol. The van der Waals surface area contributed by atoms with Gasteiger partial charge in [0.05, 0.1) is 22.5 Å². The van der Waals surface area contributed by atoms with Gasteiger partial charge in [-0.15, -0.1) is 0 Å². The van der Waals surface area contributed by atoms with E-state index in [-0.39, 0.29) is 23.5 Å². The average Bonchev–Trinajstić information content (AvgIpc) is 3.28. The lowest BCUT2D eigenvalue weighted by molar-refractivity contribution is -0.123. The van der Waals surface area contributed by atoms with Crippen LogP contribution in [0.2, 0.25) is 0 Å². The van der Waals surface area contributed by atoms with E-state index in [2.05, 4.69) is 15.9 Å². The summed E-state index contributed by atoms with van der Waals surface area (Å²) in [5, 5.41) is 0. The quantitative estimate of drug-likeness (QED) is 0.483. The van der Waals surface area contributed by atoms with Crippen molar-refractivity contribution in [2.45, 2.75) is 12.5 Å². The van der Waals surface area contributed by atoms with Gasteiger partial charge in [-0.25, -0.2) is 8.42 Å². The van der Waals surface area contributed by atoms with E-state index in [1.165, 1.54) is 16.7 Å². The Morgan fingerprint density at radius 3 is 2.63 bits per heavy atom. The van der Waals surface area contributed by atoms with Crippen LogP contribution in [0, 0.1) is 0 Å². The van der Waals surface area contributed by atoms with E-state index >= 15 is 0 Å². The number of nitrogens with zero attached hydrogens (tertiary/aromatic N) is 1. The van der Waals surface area contributed by atoms with E-state index in [1.54, 1.807) is 12.1 Å². The maximum atomic E-state index is 12.7. The van der Waals surface area contributed by atoms with E-state index in [9.17, 15) is 13.2 Å².